The van der Waals surface area contributed by atoms with Crippen molar-refractivity contribution >= 4 is 23.7 Å². The van der Waals surface area contributed by atoms with E-state index in [0.717, 1.165) is 0 Å². The van der Waals surface area contributed by atoms with Crippen molar-refractivity contribution in [3.8, 4) is 0 Å². The SMILES string of the molecule is CCOC(=O)CC(O)(CC(=O)OC(C)C(C)=O)C(=O)OCC. The third kappa shape index (κ3) is 6.66. The normalized spacial score (nSPS) is 14.4. The molecule has 0 radical (unpaired) electrons. The molecule has 0 aliphatic carbocycles. The Morgan fingerprint density at radius 1 is 1.00 bits per heavy atom. The van der Waals surface area contributed by atoms with Crippen LogP contribution in [0.4, 0.5) is 0 Å². The number of hydrogen-bond donors (Lipinski definition) is 1. The number of ether oxygens (including phenoxy) is 3. The Morgan fingerprint density at radius 2 is 1.50 bits per heavy atom. The van der Waals surface area contributed by atoms with Gasteiger partial charge in [-0.2, -0.15) is 0 Å². The van der Waals surface area contributed by atoms with E-state index in [2.05, 4.69) is 9.47 Å². The molecule has 0 spiro atoms. The highest BCUT2D eigenvalue weighted by Crippen LogP contribution is 2.20. The average molecular weight is 318 g/mol. The summed E-state index contributed by atoms with van der Waals surface area (Å²) in [6.07, 6.45) is -2.58. The molecule has 0 rings (SSSR count). The Bertz CT molecular complexity index is 431. The maximum Gasteiger partial charge on any atom is 0.339 e. The van der Waals surface area contributed by atoms with Gasteiger partial charge in [-0.25, -0.2) is 4.79 Å². The number of aliphatic hydroxyl groups is 1. The second-order valence-electron chi connectivity index (χ2n) is 4.65. The van der Waals surface area contributed by atoms with Gasteiger partial charge >= 0.3 is 17.9 Å². The number of rotatable bonds is 9. The first-order valence-electron chi connectivity index (χ1n) is 6.91. The van der Waals surface area contributed by atoms with E-state index in [1.54, 1.807) is 6.92 Å². The lowest BCUT2D eigenvalue weighted by molar-refractivity contribution is -0.178. The van der Waals surface area contributed by atoms with Gasteiger partial charge in [0.2, 0.25) is 0 Å². The van der Waals surface area contributed by atoms with Gasteiger partial charge in [0.15, 0.2) is 17.5 Å². The molecule has 22 heavy (non-hydrogen) atoms. The van der Waals surface area contributed by atoms with Crippen LogP contribution in [0.25, 0.3) is 0 Å². The highest BCUT2D eigenvalue weighted by molar-refractivity contribution is 5.91. The molecule has 8 heteroatoms. The Balaban J connectivity index is 4.99. The summed E-state index contributed by atoms with van der Waals surface area (Å²) in [7, 11) is 0. The first-order valence-corrected chi connectivity index (χ1v) is 6.91. The average Bonchev–Trinajstić information content (AvgIpc) is 2.38. The van der Waals surface area contributed by atoms with E-state index in [-0.39, 0.29) is 13.2 Å². The van der Waals surface area contributed by atoms with E-state index < -0.39 is 48.2 Å². The summed E-state index contributed by atoms with van der Waals surface area (Å²) in [4.78, 5) is 46.1. The smallest absolute Gasteiger partial charge is 0.339 e. The van der Waals surface area contributed by atoms with Gasteiger partial charge < -0.3 is 19.3 Å². The Labute approximate surface area is 128 Å². The van der Waals surface area contributed by atoms with Crippen molar-refractivity contribution in [2.45, 2.75) is 52.2 Å². The van der Waals surface area contributed by atoms with Gasteiger partial charge in [0.05, 0.1) is 26.1 Å². The fourth-order valence-corrected chi connectivity index (χ4v) is 1.48. The summed E-state index contributed by atoms with van der Waals surface area (Å²) in [6.45, 7) is 5.68. The van der Waals surface area contributed by atoms with Crippen LogP contribution in [0.5, 0.6) is 0 Å². The maximum atomic E-state index is 11.8. The summed E-state index contributed by atoms with van der Waals surface area (Å²) in [5.41, 5.74) is -2.39. The van der Waals surface area contributed by atoms with E-state index in [1.807, 2.05) is 0 Å². The number of ketones is 1. The van der Waals surface area contributed by atoms with Crippen LogP contribution in [0.15, 0.2) is 0 Å². The Kier molecular flexibility index (Phi) is 8.32. The molecule has 0 aromatic rings. The molecule has 8 nitrogen and oxygen atoms in total. The third-order valence-electron chi connectivity index (χ3n) is 2.71. The minimum atomic E-state index is -2.39. The molecule has 0 amide bonds. The minimum absolute atomic E-state index is 0.0388. The van der Waals surface area contributed by atoms with Crippen LogP contribution in [0.1, 0.15) is 40.5 Å². The van der Waals surface area contributed by atoms with E-state index in [9.17, 15) is 24.3 Å². The van der Waals surface area contributed by atoms with Crippen LogP contribution in [0.2, 0.25) is 0 Å². The van der Waals surface area contributed by atoms with Gasteiger partial charge in [-0.1, -0.05) is 0 Å². The first-order chi connectivity index (χ1) is 10.2. The van der Waals surface area contributed by atoms with Gasteiger partial charge in [0, 0.05) is 0 Å². The summed E-state index contributed by atoms with van der Waals surface area (Å²) in [5, 5.41) is 10.3. The molecule has 0 bridgehead atoms. The van der Waals surface area contributed by atoms with Gasteiger partial charge in [-0.3, -0.25) is 14.4 Å². The predicted octanol–water partition coefficient (Wildman–Crippen LogP) is 0.145. The van der Waals surface area contributed by atoms with Crippen molar-refractivity contribution in [2.24, 2.45) is 0 Å². The predicted molar refractivity (Wildman–Crippen MR) is 73.7 cm³/mol. The van der Waals surface area contributed by atoms with Crippen molar-refractivity contribution in [1.29, 1.82) is 0 Å². The van der Waals surface area contributed by atoms with E-state index in [4.69, 9.17) is 4.74 Å². The molecule has 2 atom stereocenters. The fourth-order valence-electron chi connectivity index (χ4n) is 1.48. The van der Waals surface area contributed by atoms with Crippen molar-refractivity contribution < 1.29 is 38.5 Å². The molecule has 0 aliphatic rings. The molecule has 0 aromatic carbocycles. The van der Waals surface area contributed by atoms with Gasteiger partial charge in [-0.15, -0.1) is 0 Å². The van der Waals surface area contributed by atoms with E-state index in [0.29, 0.717) is 0 Å². The zero-order valence-corrected chi connectivity index (χ0v) is 13.2. The number of carbonyl (C=O) groups is 4. The number of esters is 3. The molecule has 0 saturated carbocycles. The molecule has 0 aromatic heterocycles. The van der Waals surface area contributed by atoms with Crippen molar-refractivity contribution in [1.82, 2.24) is 0 Å². The monoisotopic (exact) mass is 318 g/mol. The second-order valence-corrected chi connectivity index (χ2v) is 4.65. The van der Waals surface area contributed by atoms with E-state index >= 15 is 0 Å². The molecule has 0 fully saturated rings. The van der Waals surface area contributed by atoms with Crippen LogP contribution >= 0.6 is 0 Å². The summed E-state index contributed by atoms with van der Waals surface area (Å²) >= 11 is 0. The lowest BCUT2D eigenvalue weighted by Crippen LogP contribution is -2.45. The maximum absolute atomic E-state index is 11.8. The highest BCUT2D eigenvalue weighted by atomic mass is 16.6. The van der Waals surface area contributed by atoms with Crippen LogP contribution in [0, 0.1) is 0 Å². The summed E-state index contributed by atoms with van der Waals surface area (Å²) < 4.78 is 14.1. The van der Waals surface area contributed by atoms with Crippen molar-refractivity contribution in [3.63, 3.8) is 0 Å². The number of Topliss-reactive ketones (excluding diaryl/α,β-unsaturated/α-hetero) is 1. The summed E-state index contributed by atoms with van der Waals surface area (Å²) in [6, 6.07) is 0. The molecular weight excluding hydrogens is 296 g/mol. The first kappa shape index (κ1) is 20.0. The fraction of sp³-hybridized carbons (Fsp3) is 0.714. The van der Waals surface area contributed by atoms with Crippen molar-refractivity contribution in [2.75, 3.05) is 13.2 Å². The van der Waals surface area contributed by atoms with E-state index in [1.165, 1.54) is 20.8 Å². The Morgan fingerprint density at radius 3 is 1.95 bits per heavy atom. The lowest BCUT2D eigenvalue weighted by atomic mass is 9.95. The molecule has 1 N–H and O–H groups in total. The second kappa shape index (κ2) is 9.14. The third-order valence-corrected chi connectivity index (χ3v) is 2.71. The quantitative estimate of drug-likeness (QED) is 0.471. The minimum Gasteiger partial charge on any atom is -0.466 e. The molecule has 0 heterocycles. The topological polar surface area (TPSA) is 116 Å². The van der Waals surface area contributed by atoms with Gasteiger partial charge in [0.1, 0.15) is 0 Å². The molecule has 0 aliphatic heterocycles. The summed E-state index contributed by atoms with van der Waals surface area (Å²) in [5.74, 6) is -3.37. The highest BCUT2D eigenvalue weighted by Gasteiger charge is 2.43. The zero-order valence-electron chi connectivity index (χ0n) is 13.2. The van der Waals surface area contributed by atoms with Gasteiger partial charge in [0.25, 0.3) is 0 Å². The Hall–Kier alpha value is -1.96. The largest absolute Gasteiger partial charge is 0.466 e. The molecule has 0 saturated heterocycles. The van der Waals surface area contributed by atoms with Crippen LogP contribution in [0.3, 0.4) is 0 Å². The van der Waals surface area contributed by atoms with Gasteiger partial charge in [-0.05, 0) is 27.7 Å². The zero-order chi connectivity index (χ0) is 17.3. The standard InChI is InChI=1S/C14H22O8/c1-5-20-11(16)7-14(19,13(18)21-6-2)8-12(17)22-10(4)9(3)15/h10,19H,5-8H2,1-4H3. The molecular formula is C14H22O8. The molecule has 126 valence electrons. The number of hydrogen-bond acceptors (Lipinski definition) is 8. The van der Waals surface area contributed by atoms with Crippen LogP contribution < -0.4 is 0 Å². The van der Waals surface area contributed by atoms with Crippen LogP contribution in [-0.4, -0.2) is 53.7 Å². The molecule has 2 unspecified atom stereocenters. The van der Waals surface area contributed by atoms with Crippen LogP contribution in [-0.2, 0) is 33.4 Å². The van der Waals surface area contributed by atoms with Crippen molar-refractivity contribution in [3.05, 3.63) is 0 Å². The number of carbonyl (C=O) groups excluding carboxylic acids is 4. The lowest BCUT2D eigenvalue weighted by Gasteiger charge is -2.24.